The highest BCUT2D eigenvalue weighted by atomic mass is 19.3. The van der Waals surface area contributed by atoms with Crippen LogP contribution in [0.3, 0.4) is 0 Å². The Morgan fingerprint density at radius 1 is 1.44 bits per heavy atom. The minimum atomic E-state index is -2.98. The highest BCUT2D eigenvalue weighted by molar-refractivity contribution is 5.44. The third-order valence-electron chi connectivity index (χ3n) is 2.52. The lowest BCUT2D eigenvalue weighted by Crippen LogP contribution is -2.15. The third-order valence-corrected chi connectivity index (χ3v) is 2.52. The molecule has 0 saturated carbocycles. The van der Waals surface area contributed by atoms with Crippen molar-refractivity contribution in [1.29, 1.82) is 0 Å². The first kappa shape index (κ1) is 12.9. The third kappa shape index (κ3) is 2.50. The Labute approximate surface area is 93.9 Å². The van der Waals surface area contributed by atoms with E-state index in [1.54, 1.807) is 19.1 Å². The summed E-state index contributed by atoms with van der Waals surface area (Å²) in [5.41, 5.74) is 0.286. The summed E-state index contributed by atoms with van der Waals surface area (Å²) in [5.74, 6) is -3.16. The molecule has 0 aromatic heterocycles. The zero-order valence-electron chi connectivity index (χ0n) is 9.63. The molecule has 4 heteroatoms. The van der Waals surface area contributed by atoms with Crippen molar-refractivity contribution in [1.82, 2.24) is 0 Å². The van der Waals surface area contributed by atoms with Gasteiger partial charge in [-0.25, -0.2) is 8.78 Å². The van der Waals surface area contributed by atoms with Crippen molar-refractivity contribution in [3.63, 3.8) is 0 Å². The second kappa shape index (κ2) is 4.78. The fourth-order valence-corrected chi connectivity index (χ4v) is 1.70. The highest BCUT2D eigenvalue weighted by Gasteiger charge is 2.32. The molecule has 0 heterocycles. The van der Waals surface area contributed by atoms with E-state index in [0.29, 0.717) is 5.56 Å². The van der Waals surface area contributed by atoms with Crippen LogP contribution < -0.4 is 4.74 Å². The first-order chi connectivity index (χ1) is 7.41. The Morgan fingerprint density at radius 3 is 2.50 bits per heavy atom. The second-order valence-electron chi connectivity index (χ2n) is 3.90. The summed E-state index contributed by atoms with van der Waals surface area (Å²) in [7, 11) is 1.36. The van der Waals surface area contributed by atoms with Crippen LogP contribution in [0.25, 0.3) is 0 Å². The Balaban J connectivity index is 3.38. The van der Waals surface area contributed by atoms with Gasteiger partial charge in [-0.15, -0.1) is 0 Å². The predicted octanol–water partition coefficient (Wildman–Crippen LogP) is 2.90. The lowest BCUT2D eigenvalue weighted by atomic mass is 9.92. The molecule has 1 rings (SSSR count). The van der Waals surface area contributed by atoms with Crippen LogP contribution in [0.15, 0.2) is 18.2 Å². The van der Waals surface area contributed by atoms with E-state index in [4.69, 9.17) is 9.84 Å². The van der Waals surface area contributed by atoms with Crippen LogP contribution in [-0.4, -0.2) is 18.8 Å². The SMILES string of the molecule is COc1cccc(C(C)CO)c1C(C)(F)F. The number of aliphatic hydroxyl groups is 1. The molecule has 0 aliphatic heterocycles. The standard InChI is InChI=1S/C12H16F2O2/c1-8(7-15)9-5-4-6-10(16-3)11(9)12(2,13)14/h4-6,8,15H,7H2,1-3H3. The number of rotatable bonds is 4. The van der Waals surface area contributed by atoms with E-state index in [0.717, 1.165) is 6.92 Å². The Bertz CT molecular complexity index is 359. The summed E-state index contributed by atoms with van der Waals surface area (Å²) < 4.78 is 31.9. The zero-order valence-corrected chi connectivity index (χ0v) is 9.63. The normalized spacial score (nSPS) is 13.6. The molecular formula is C12H16F2O2. The number of halogens is 2. The largest absolute Gasteiger partial charge is 0.496 e. The Morgan fingerprint density at radius 2 is 2.06 bits per heavy atom. The number of alkyl halides is 2. The molecule has 90 valence electrons. The summed E-state index contributed by atoms with van der Waals surface area (Å²) in [5, 5.41) is 9.06. The van der Waals surface area contributed by atoms with Crippen LogP contribution in [0.4, 0.5) is 8.78 Å². The maximum Gasteiger partial charge on any atom is 0.274 e. The molecule has 0 saturated heterocycles. The van der Waals surface area contributed by atoms with E-state index < -0.39 is 5.92 Å². The molecule has 1 N–H and O–H groups in total. The van der Waals surface area contributed by atoms with Gasteiger partial charge in [0.1, 0.15) is 5.75 Å². The first-order valence-corrected chi connectivity index (χ1v) is 5.07. The average molecular weight is 230 g/mol. The number of aliphatic hydroxyl groups excluding tert-OH is 1. The van der Waals surface area contributed by atoms with Gasteiger partial charge in [-0.3, -0.25) is 0 Å². The molecular weight excluding hydrogens is 214 g/mol. The van der Waals surface area contributed by atoms with Gasteiger partial charge in [-0.1, -0.05) is 19.1 Å². The van der Waals surface area contributed by atoms with E-state index >= 15 is 0 Å². The molecule has 0 amide bonds. The van der Waals surface area contributed by atoms with Gasteiger partial charge < -0.3 is 9.84 Å². The minimum Gasteiger partial charge on any atom is -0.496 e. The van der Waals surface area contributed by atoms with Crippen LogP contribution in [0, 0.1) is 0 Å². The fourth-order valence-electron chi connectivity index (χ4n) is 1.70. The van der Waals surface area contributed by atoms with Crippen molar-refractivity contribution in [2.24, 2.45) is 0 Å². The van der Waals surface area contributed by atoms with Gasteiger partial charge in [0.15, 0.2) is 0 Å². The van der Waals surface area contributed by atoms with Gasteiger partial charge in [0, 0.05) is 19.4 Å². The lowest BCUT2D eigenvalue weighted by molar-refractivity contribution is 0.0135. The zero-order chi connectivity index (χ0) is 12.3. The molecule has 16 heavy (non-hydrogen) atoms. The van der Waals surface area contributed by atoms with E-state index in [-0.39, 0.29) is 23.8 Å². The van der Waals surface area contributed by atoms with Crippen molar-refractivity contribution < 1.29 is 18.6 Å². The molecule has 2 nitrogen and oxygen atoms in total. The summed E-state index contributed by atoms with van der Waals surface area (Å²) in [6.45, 7) is 2.36. The van der Waals surface area contributed by atoms with Crippen molar-refractivity contribution >= 4 is 0 Å². The van der Waals surface area contributed by atoms with Crippen LogP contribution in [0.1, 0.15) is 30.9 Å². The number of hydrogen-bond donors (Lipinski definition) is 1. The quantitative estimate of drug-likeness (QED) is 0.861. The van der Waals surface area contributed by atoms with Gasteiger partial charge in [0.25, 0.3) is 5.92 Å². The van der Waals surface area contributed by atoms with Gasteiger partial charge in [0.05, 0.1) is 12.7 Å². The van der Waals surface area contributed by atoms with Gasteiger partial charge in [-0.05, 0) is 11.6 Å². The van der Waals surface area contributed by atoms with Crippen LogP contribution >= 0.6 is 0 Å². The predicted molar refractivity (Wildman–Crippen MR) is 58.1 cm³/mol. The maximum atomic E-state index is 13.5. The summed E-state index contributed by atoms with van der Waals surface area (Å²) in [6, 6.07) is 4.74. The van der Waals surface area contributed by atoms with Crippen molar-refractivity contribution in [2.45, 2.75) is 25.7 Å². The van der Waals surface area contributed by atoms with Gasteiger partial charge in [-0.2, -0.15) is 0 Å². The molecule has 0 aliphatic rings. The number of ether oxygens (including phenoxy) is 1. The number of hydrogen-bond acceptors (Lipinski definition) is 2. The van der Waals surface area contributed by atoms with E-state index in [1.165, 1.54) is 13.2 Å². The van der Waals surface area contributed by atoms with Crippen LogP contribution in [0.5, 0.6) is 5.75 Å². The van der Waals surface area contributed by atoms with Crippen molar-refractivity contribution in [2.75, 3.05) is 13.7 Å². The van der Waals surface area contributed by atoms with E-state index in [9.17, 15) is 8.78 Å². The Hall–Kier alpha value is -1.16. The molecule has 0 fully saturated rings. The topological polar surface area (TPSA) is 29.5 Å². The monoisotopic (exact) mass is 230 g/mol. The summed E-state index contributed by atoms with van der Waals surface area (Å²) in [6.07, 6.45) is 0. The molecule has 0 aliphatic carbocycles. The maximum absolute atomic E-state index is 13.5. The highest BCUT2D eigenvalue weighted by Crippen LogP contribution is 2.39. The molecule has 1 aromatic carbocycles. The lowest BCUT2D eigenvalue weighted by Gasteiger charge is -2.21. The second-order valence-corrected chi connectivity index (χ2v) is 3.90. The van der Waals surface area contributed by atoms with Crippen LogP contribution in [0.2, 0.25) is 0 Å². The van der Waals surface area contributed by atoms with Gasteiger partial charge >= 0.3 is 0 Å². The summed E-state index contributed by atoms with van der Waals surface area (Å²) in [4.78, 5) is 0. The first-order valence-electron chi connectivity index (χ1n) is 5.07. The van der Waals surface area contributed by atoms with Crippen molar-refractivity contribution in [3.8, 4) is 5.75 Å². The molecule has 1 aromatic rings. The summed E-state index contributed by atoms with van der Waals surface area (Å²) >= 11 is 0. The molecule has 1 atom stereocenters. The van der Waals surface area contributed by atoms with E-state index in [2.05, 4.69) is 0 Å². The molecule has 0 bridgehead atoms. The number of methoxy groups -OCH3 is 1. The van der Waals surface area contributed by atoms with Crippen LogP contribution in [-0.2, 0) is 5.92 Å². The van der Waals surface area contributed by atoms with E-state index in [1.807, 2.05) is 0 Å². The molecule has 0 radical (unpaired) electrons. The fraction of sp³-hybridized carbons (Fsp3) is 0.500. The Kier molecular flexibility index (Phi) is 3.86. The van der Waals surface area contributed by atoms with Gasteiger partial charge in [0.2, 0.25) is 0 Å². The number of benzene rings is 1. The minimum absolute atomic E-state index is 0.140. The molecule has 0 spiro atoms. The van der Waals surface area contributed by atoms with Crippen molar-refractivity contribution in [3.05, 3.63) is 29.3 Å². The average Bonchev–Trinajstić information content (AvgIpc) is 2.25. The smallest absolute Gasteiger partial charge is 0.274 e. The molecule has 1 unspecified atom stereocenters.